The van der Waals surface area contributed by atoms with E-state index in [2.05, 4.69) is 23.2 Å². The Morgan fingerprint density at radius 3 is 2.71 bits per heavy atom. The standard InChI is InChI=1S/C18H12ClNO/c1-11-6-7-13(10-15(11)19)18-20-17-14-5-3-2-4-12(14)8-9-16(17)21-18/h2-10H,1H3. The van der Waals surface area contributed by atoms with Crippen molar-refractivity contribution in [2.75, 3.05) is 0 Å². The zero-order valence-corrected chi connectivity index (χ0v) is 12.2. The van der Waals surface area contributed by atoms with Gasteiger partial charge in [0.05, 0.1) is 0 Å². The number of hydrogen-bond donors (Lipinski definition) is 0. The lowest BCUT2D eigenvalue weighted by atomic mass is 10.1. The van der Waals surface area contributed by atoms with Crippen LogP contribution >= 0.6 is 11.6 Å². The summed E-state index contributed by atoms with van der Waals surface area (Å²) < 4.78 is 5.89. The molecule has 0 radical (unpaired) electrons. The number of benzene rings is 3. The minimum absolute atomic E-state index is 0.600. The first kappa shape index (κ1) is 12.4. The van der Waals surface area contributed by atoms with E-state index in [0.717, 1.165) is 38.0 Å². The predicted octanol–water partition coefficient (Wildman–Crippen LogP) is 5.61. The van der Waals surface area contributed by atoms with Crippen LogP contribution in [0.1, 0.15) is 5.56 Å². The lowest BCUT2D eigenvalue weighted by Crippen LogP contribution is -1.80. The molecular formula is C18H12ClNO. The Kier molecular flexibility index (Phi) is 2.72. The molecule has 0 saturated heterocycles. The van der Waals surface area contributed by atoms with Crippen molar-refractivity contribution < 1.29 is 4.42 Å². The quantitative estimate of drug-likeness (QED) is 0.456. The fraction of sp³-hybridized carbons (Fsp3) is 0.0556. The molecule has 0 amide bonds. The summed E-state index contributed by atoms with van der Waals surface area (Å²) >= 11 is 6.19. The Hall–Kier alpha value is -2.32. The third-order valence-corrected chi connectivity index (χ3v) is 4.11. The van der Waals surface area contributed by atoms with Crippen molar-refractivity contribution in [1.82, 2.24) is 4.98 Å². The molecule has 102 valence electrons. The summed E-state index contributed by atoms with van der Waals surface area (Å²) in [5.41, 5.74) is 3.62. The normalized spacial score (nSPS) is 11.3. The Balaban J connectivity index is 1.98. The van der Waals surface area contributed by atoms with Crippen molar-refractivity contribution in [3.05, 3.63) is 65.2 Å². The summed E-state index contributed by atoms with van der Waals surface area (Å²) in [6.45, 7) is 1.98. The number of hydrogen-bond acceptors (Lipinski definition) is 2. The number of rotatable bonds is 1. The first-order valence-corrected chi connectivity index (χ1v) is 7.15. The Bertz CT molecular complexity index is 971. The molecule has 0 bridgehead atoms. The first-order chi connectivity index (χ1) is 10.2. The summed E-state index contributed by atoms with van der Waals surface area (Å²) in [5, 5.41) is 2.98. The molecule has 2 nitrogen and oxygen atoms in total. The van der Waals surface area contributed by atoms with Crippen LogP contribution in [-0.2, 0) is 0 Å². The monoisotopic (exact) mass is 293 g/mol. The van der Waals surface area contributed by atoms with E-state index in [0.29, 0.717) is 5.89 Å². The van der Waals surface area contributed by atoms with Crippen LogP contribution in [0, 0.1) is 6.92 Å². The van der Waals surface area contributed by atoms with Crippen LogP contribution in [0.25, 0.3) is 33.3 Å². The number of aromatic nitrogens is 1. The van der Waals surface area contributed by atoms with Gasteiger partial charge in [-0.3, -0.25) is 0 Å². The van der Waals surface area contributed by atoms with Crippen molar-refractivity contribution in [3.8, 4) is 11.5 Å². The van der Waals surface area contributed by atoms with E-state index < -0.39 is 0 Å². The fourth-order valence-corrected chi connectivity index (χ4v) is 2.69. The maximum absolute atomic E-state index is 6.19. The van der Waals surface area contributed by atoms with Crippen LogP contribution < -0.4 is 0 Å². The van der Waals surface area contributed by atoms with Crippen LogP contribution in [0.3, 0.4) is 0 Å². The van der Waals surface area contributed by atoms with Gasteiger partial charge in [0.15, 0.2) is 5.58 Å². The predicted molar refractivity (Wildman–Crippen MR) is 86.7 cm³/mol. The lowest BCUT2D eigenvalue weighted by molar-refractivity contribution is 0.620. The van der Waals surface area contributed by atoms with Crippen molar-refractivity contribution in [2.24, 2.45) is 0 Å². The van der Waals surface area contributed by atoms with Crippen molar-refractivity contribution in [3.63, 3.8) is 0 Å². The topological polar surface area (TPSA) is 26.0 Å². The van der Waals surface area contributed by atoms with Gasteiger partial charge in [0.2, 0.25) is 5.89 Å². The number of halogens is 1. The van der Waals surface area contributed by atoms with Gasteiger partial charge in [-0.05, 0) is 36.1 Å². The second kappa shape index (κ2) is 4.61. The SMILES string of the molecule is Cc1ccc(-c2nc3c(ccc4ccccc43)o2)cc1Cl. The number of nitrogens with zero attached hydrogens (tertiary/aromatic N) is 1. The molecule has 0 aliphatic rings. The molecule has 0 saturated carbocycles. The highest BCUT2D eigenvalue weighted by Gasteiger charge is 2.11. The van der Waals surface area contributed by atoms with Crippen LogP contribution in [0.4, 0.5) is 0 Å². The van der Waals surface area contributed by atoms with Gasteiger partial charge in [-0.1, -0.05) is 48.0 Å². The molecule has 4 aromatic rings. The van der Waals surface area contributed by atoms with E-state index in [1.54, 1.807) is 0 Å². The maximum atomic E-state index is 6.19. The van der Waals surface area contributed by atoms with Crippen molar-refractivity contribution >= 4 is 33.5 Å². The molecule has 0 atom stereocenters. The average Bonchev–Trinajstić information content (AvgIpc) is 2.94. The Morgan fingerprint density at radius 1 is 1.00 bits per heavy atom. The number of oxazole rings is 1. The molecule has 0 fully saturated rings. The summed E-state index contributed by atoms with van der Waals surface area (Å²) in [7, 11) is 0. The van der Waals surface area contributed by atoms with E-state index in [-0.39, 0.29) is 0 Å². The minimum Gasteiger partial charge on any atom is -0.436 e. The Morgan fingerprint density at radius 2 is 1.86 bits per heavy atom. The fourth-order valence-electron chi connectivity index (χ4n) is 2.51. The van der Waals surface area contributed by atoms with Gasteiger partial charge >= 0.3 is 0 Å². The Labute approximate surface area is 127 Å². The van der Waals surface area contributed by atoms with E-state index in [9.17, 15) is 0 Å². The molecule has 1 heterocycles. The van der Waals surface area contributed by atoms with Crippen LogP contribution in [-0.4, -0.2) is 4.98 Å². The molecule has 0 unspecified atom stereocenters. The third kappa shape index (κ3) is 1.99. The second-order valence-electron chi connectivity index (χ2n) is 5.12. The molecule has 3 aromatic carbocycles. The molecule has 3 heteroatoms. The molecule has 0 aliphatic carbocycles. The van der Waals surface area contributed by atoms with Crippen LogP contribution in [0.15, 0.2) is 59.0 Å². The van der Waals surface area contributed by atoms with Gasteiger partial charge in [-0.2, -0.15) is 0 Å². The highest BCUT2D eigenvalue weighted by atomic mass is 35.5. The van der Waals surface area contributed by atoms with Crippen LogP contribution in [0.5, 0.6) is 0 Å². The van der Waals surface area contributed by atoms with Gasteiger partial charge in [0.1, 0.15) is 5.52 Å². The zero-order valence-electron chi connectivity index (χ0n) is 11.4. The molecule has 1 aromatic heterocycles. The van der Waals surface area contributed by atoms with Crippen molar-refractivity contribution in [1.29, 1.82) is 0 Å². The molecular weight excluding hydrogens is 282 g/mol. The molecule has 0 N–H and O–H groups in total. The van der Waals surface area contributed by atoms with Gasteiger partial charge in [-0.15, -0.1) is 0 Å². The third-order valence-electron chi connectivity index (χ3n) is 3.70. The summed E-state index contributed by atoms with van der Waals surface area (Å²) in [6, 6.07) is 18.0. The smallest absolute Gasteiger partial charge is 0.227 e. The minimum atomic E-state index is 0.600. The molecule has 0 aliphatic heterocycles. The van der Waals surface area contributed by atoms with Gasteiger partial charge in [0, 0.05) is 16.0 Å². The second-order valence-corrected chi connectivity index (χ2v) is 5.52. The van der Waals surface area contributed by atoms with Crippen LogP contribution in [0.2, 0.25) is 5.02 Å². The molecule has 0 spiro atoms. The molecule has 21 heavy (non-hydrogen) atoms. The van der Waals surface area contributed by atoms with E-state index in [4.69, 9.17) is 16.0 Å². The summed E-state index contributed by atoms with van der Waals surface area (Å²) in [4.78, 5) is 4.66. The lowest BCUT2D eigenvalue weighted by Gasteiger charge is -1.99. The maximum Gasteiger partial charge on any atom is 0.227 e. The zero-order chi connectivity index (χ0) is 14.4. The highest BCUT2D eigenvalue weighted by Crippen LogP contribution is 2.31. The number of aryl methyl sites for hydroxylation is 1. The largest absolute Gasteiger partial charge is 0.436 e. The number of fused-ring (bicyclic) bond motifs is 3. The van der Waals surface area contributed by atoms with E-state index in [1.165, 1.54) is 0 Å². The van der Waals surface area contributed by atoms with Crippen molar-refractivity contribution in [2.45, 2.75) is 6.92 Å². The first-order valence-electron chi connectivity index (χ1n) is 6.77. The highest BCUT2D eigenvalue weighted by molar-refractivity contribution is 6.31. The molecule has 4 rings (SSSR count). The van der Waals surface area contributed by atoms with Gasteiger partial charge in [-0.25, -0.2) is 4.98 Å². The van der Waals surface area contributed by atoms with Gasteiger partial charge in [0.25, 0.3) is 0 Å². The van der Waals surface area contributed by atoms with E-state index in [1.807, 2.05) is 43.3 Å². The van der Waals surface area contributed by atoms with E-state index >= 15 is 0 Å². The summed E-state index contributed by atoms with van der Waals surface area (Å²) in [6.07, 6.45) is 0. The average molecular weight is 294 g/mol. The van der Waals surface area contributed by atoms with Gasteiger partial charge < -0.3 is 4.42 Å². The summed E-state index contributed by atoms with van der Waals surface area (Å²) in [5.74, 6) is 0.600.